The van der Waals surface area contributed by atoms with Gasteiger partial charge in [0.2, 0.25) is 0 Å². The third-order valence-corrected chi connectivity index (χ3v) is 5.55. The lowest BCUT2D eigenvalue weighted by molar-refractivity contribution is -0.139. The number of methoxy groups -OCH3 is 2. The molecule has 8 heteroatoms. The lowest BCUT2D eigenvalue weighted by Crippen LogP contribution is -2.30. The number of Topliss-reactive ketones (excluding diaryl/α,β-unsaturated/α-hetero) is 1. The molecular formula is C24H25NO7. The van der Waals surface area contributed by atoms with Crippen molar-refractivity contribution in [2.24, 2.45) is 0 Å². The summed E-state index contributed by atoms with van der Waals surface area (Å²) in [6.07, 6.45) is 0.653. The van der Waals surface area contributed by atoms with Gasteiger partial charge in [-0.2, -0.15) is 0 Å². The van der Waals surface area contributed by atoms with Crippen molar-refractivity contribution in [1.29, 1.82) is 0 Å². The van der Waals surface area contributed by atoms with Crippen LogP contribution in [0.4, 0.5) is 0 Å². The Hall–Kier alpha value is -3.68. The minimum absolute atomic E-state index is 0.00333. The van der Waals surface area contributed by atoms with E-state index in [0.717, 1.165) is 0 Å². The Balaban J connectivity index is 1.88. The number of carbonyl (C=O) groups is 2. The van der Waals surface area contributed by atoms with Crippen LogP contribution in [-0.4, -0.2) is 55.7 Å². The van der Waals surface area contributed by atoms with Crippen LogP contribution in [0, 0.1) is 0 Å². The van der Waals surface area contributed by atoms with Crippen LogP contribution in [0.5, 0.6) is 23.0 Å². The SMILES string of the molecule is CCCN1C(=O)C(=O)/C(=C(\O)c2ccc(OC)cc2OC)C1c1ccc2c(c1)OCCO2. The molecule has 0 aliphatic carbocycles. The second kappa shape index (κ2) is 8.82. The number of hydrogen-bond donors (Lipinski definition) is 1. The standard InChI is InChI=1S/C24H25NO7/c1-4-9-25-21(14-5-8-17-19(12-14)32-11-10-31-17)20(23(27)24(25)28)22(26)16-7-6-15(29-2)13-18(16)30-3/h5-8,12-13,21,26H,4,9-11H2,1-3H3/b22-20-. The maximum atomic E-state index is 13.1. The summed E-state index contributed by atoms with van der Waals surface area (Å²) in [5.41, 5.74) is 0.949. The number of rotatable bonds is 6. The Morgan fingerprint density at radius 1 is 1.06 bits per heavy atom. The van der Waals surface area contributed by atoms with Gasteiger partial charge in [0.25, 0.3) is 11.7 Å². The number of hydrogen-bond acceptors (Lipinski definition) is 7. The highest BCUT2D eigenvalue weighted by atomic mass is 16.6. The largest absolute Gasteiger partial charge is 0.507 e. The van der Waals surface area contributed by atoms with Crippen LogP contribution in [0.15, 0.2) is 42.0 Å². The molecule has 1 fully saturated rings. The fraction of sp³-hybridized carbons (Fsp3) is 0.333. The Bertz CT molecular complexity index is 1090. The zero-order valence-corrected chi connectivity index (χ0v) is 18.2. The molecule has 8 nitrogen and oxygen atoms in total. The molecule has 4 rings (SSSR count). The van der Waals surface area contributed by atoms with Gasteiger partial charge in [-0.3, -0.25) is 9.59 Å². The Kier molecular flexibility index (Phi) is 5.94. The highest BCUT2D eigenvalue weighted by Gasteiger charge is 2.46. The van der Waals surface area contributed by atoms with Gasteiger partial charge in [0.05, 0.1) is 31.4 Å². The van der Waals surface area contributed by atoms with E-state index in [1.165, 1.54) is 19.1 Å². The number of aliphatic hydroxyl groups excluding tert-OH is 1. The van der Waals surface area contributed by atoms with Gasteiger partial charge in [0, 0.05) is 12.6 Å². The lowest BCUT2D eigenvalue weighted by Gasteiger charge is -2.26. The zero-order chi connectivity index (χ0) is 22.8. The predicted molar refractivity (Wildman–Crippen MR) is 116 cm³/mol. The van der Waals surface area contributed by atoms with Crippen LogP contribution in [0.2, 0.25) is 0 Å². The molecule has 2 aromatic rings. The van der Waals surface area contributed by atoms with E-state index in [4.69, 9.17) is 18.9 Å². The topological polar surface area (TPSA) is 94.5 Å². The van der Waals surface area contributed by atoms with Crippen molar-refractivity contribution in [3.05, 3.63) is 53.1 Å². The van der Waals surface area contributed by atoms with Crippen molar-refractivity contribution in [1.82, 2.24) is 4.90 Å². The Morgan fingerprint density at radius 3 is 2.50 bits per heavy atom. The summed E-state index contributed by atoms with van der Waals surface area (Å²) in [7, 11) is 2.98. The molecule has 1 amide bonds. The maximum Gasteiger partial charge on any atom is 0.295 e. The summed E-state index contributed by atoms with van der Waals surface area (Å²) < 4.78 is 21.9. The van der Waals surface area contributed by atoms with Gasteiger partial charge in [-0.1, -0.05) is 13.0 Å². The molecule has 1 N–H and O–H groups in total. The molecule has 2 aliphatic heterocycles. The number of amides is 1. The first kappa shape index (κ1) is 21.5. The number of nitrogens with zero attached hydrogens (tertiary/aromatic N) is 1. The van der Waals surface area contributed by atoms with Gasteiger partial charge in [0.1, 0.15) is 30.5 Å². The van der Waals surface area contributed by atoms with Gasteiger partial charge < -0.3 is 29.0 Å². The van der Waals surface area contributed by atoms with Crippen molar-refractivity contribution in [2.75, 3.05) is 34.0 Å². The van der Waals surface area contributed by atoms with Crippen molar-refractivity contribution >= 4 is 17.4 Å². The number of ketones is 1. The first-order chi connectivity index (χ1) is 15.5. The van der Waals surface area contributed by atoms with Crippen LogP contribution >= 0.6 is 0 Å². The predicted octanol–water partition coefficient (Wildman–Crippen LogP) is 3.31. The molecule has 2 heterocycles. The van der Waals surface area contributed by atoms with E-state index in [1.807, 2.05) is 6.92 Å². The summed E-state index contributed by atoms with van der Waals surface area (Å²) in [6, 6.07) is 9.38. The smallest absolute Gasteiger partial charge is 0.295 e. The Labute approximate surface area is 185 Å². The minimum Gasteiger partial charge on any atom is -0.507 e. The summed E-state index contributed by atoms with van der Waals surface area (Å²) in [4.78, 5) is 27.4. The number of likely N-dealkylation sites (tertiary alicyclic amines) is 1. The highest BCUT2D eigenvalue weighted by molar-refractivity contribution is 6.46. The van der Waals surface area contributed by atoms with Gasteiger partial charge >= 0.3 is 0 Å². The van der Waals surface area contributed by atoms with Crippen molar-refractivity contribution in [3.63, 3.8) is 0 Å². The summed E-state index contributed by atoms with van der Waals surface area (Å²) >= 11 is 0. The zero-order valence-electron chi connectivity index (χ0n) is 18.2. The normalized spacial score (nSPS) is 19.2. The van der Waals surface area contributed by atoms with Crippen LogP contribution in [0.25, 0.3) is 5.76 Å². The number of carbonyl (C=O) groups excluding carboxylic acids is 2. The summed E-state index contributed by atoms with van der Waals surface area (Å²) in [5, 5.41) is 11.2. The van der Waals surface area contributed by atoms with Crippen molar-refractivity contribution in [2.45, 2.75) is 19.4 Å². The van der Waals surface area contributed by atoms with Crippen molar-refractivity contribution in [3.8, 4) is 23.0 Å². The second-order valence-electron chi connectivity index (χ2n) is 7.46. The molecule has 2 aliphatic rings. The van der Waals surface area contributed by atoms with Gasteiger partial charge in [0.15, 0.2) is 11.5 Å². The van der Waals surface area contributed by atoms with Gasteiger partial charge in [-0.15, -0.1) is 0 Å². The summed E-state index contributed by atoms with van der Waals surface area (Å²) in [5.74, 6) is 0.302. The third kappa shape index (κ3) is 3.62. The highest BCUT2D eigenvalue weighted by Crippen LogP contribution is 2.43. The molecule has 1 unspecified atom stereocenters. The van der Waals surface area contributed by atoms with Gasteiger partial charge in [-0.25, -0.2) is 0 Å². The first-order valence-electron chi connectivity index (χ1n) is 10.4. The first-order valence-corrected chi connectivity index (χ1v) is 10.4. The monoisotopic (exact) mass is 439 g/mol. The fourth-order valence-corrected chi connectivity index (χ4v) is 4.07. The van der Waals surface area contributed by atoms with Crippen LogP contribution in [0.3, 0.4) is 0 Å². The van der Waals surface area contributed by atoms with Gasteiger partial charge in [-0.05, 0) is 36.2 Å². The average Bonchev–Trinajstić information content (AvgIpc) is 3.08. The van der Waals surface area contributed by atoms with E-state index in [0.29, 0.717) is 60.3 Å². The average molecular weight is 439 g/mol. The molecule has 2 aromatic carbocycles. The minimum atomic E-state index is -0.766. The van der Waals surface area contributed by atoms with E-state index in [2.05, 4.69) is 0 Å². The van der Waals surface area contributed by atoms with Crippen LogP contribution in [-0.2, 0) is 9.59 Å². The molecule has 0 bridgehead atoms. The number of aliphatic hydroxyl groups is 1. The molecule has 168 valence electrons. The molecule has 0 spiro atoms. The fourth-order valence-electron chi connectivity index (χ4n) is 4.07. The van der Waals surface area contributed by atoms with Crippen LogP contribution in [0.1, 0.15) is 30.5 Å². The maximum absolute atomic E-state index is 13.1. The lowest BCUT2D eigenvalue weighted by atomic mass is 9.94. The van der Waals surface area contributed by atoms with E-state index in [-0.39, 0.29) is 11.3 Å². The van der Waals surface area contributed by atoms with E-state index in [1.54, 1.807) is 36.4 Å². The number of benzene rings is 2. The molecule has 1 atom stereocenters. The summed E-state index contributed by atoms with van der Waals surface area (Å²) in [6.45, 7) is 3.15. The van der Waals surface area contributed by atoms with E-state index < -0.39 is 17.7 Å². The third-order valence-electron chi connectivity index (χ3n) is 5.55. The Morgan fingerprint density at radius 2 is 1.81 bits per heavy atom. The molecule has 1 saturated heterocycles. The molecule has 0 saturated carbocycles. The molecular weight excluding hydrogens is 414 g/mol. The molecule has 0 aromatic heterocycles. The molecule has 0 radical (unpaired) electrons. The van der Waals surface area contributed by atoms with Crippen molar-refractivity contribution < 1.29 is 33.6 Å². The number of fused-ring (bicyclic) bond motifs is 1. The molecule has 32 heavy (non-hydrogen) atoms. The van der Waals surface area contributed by atoms with E-state index in [9.17, 15) is 14.7 Å². The van der Waals surface area contributed by atoms with E-state index >= 15 is 0 Å². The van der Waals surface area contributed by atoms with Crippen LogP contribution < -0.4 is 18.9 Å². The number of ether oxygens (including phenoxy) is 4. The quantitative estimate of drug-likeness (QED) is 0.419. The second-order valence-corrected chi connectivity index (χ2v) is 7.46.